The minimum atomic E-state index is -0.00767. The Morgan fingerprint density at radius 1 is 1.08 bits per heavy atom. The van der Waals surface area contributed by atoms with E-state index < -0.39 is 0 Å². The highest BCUT2D eigenvalue weighted by atomic mass is 16.7. The van der Waals surface area contributed by atoms with Gasteiger partial charge in [0.25, 0.3) is 0 Å². The van der Waals surface area contributed by atoms with Gasteiger partial charge in [-0.2, -0.15) is 0 Å². The van der Waals surface area contributed by atoms with Gasteiger partial charge in [0.2, 0.25) is 6.79 Å². The highest BCUT2D eigenvalue weighted by molar-refractivity contribution is 5.75. The molecule has 0 atom stereocenters. The zero-order valence-electron chi connectivity index (χ0n) is 14.9. The van der Waals surface area contributed by atoms with Gasteiger partial charge in [-0.3, -0.25) is 4.90 Å². The van der Waals surface area contributed by atoms with Crippen molar-refractivity contribution in [3.05, 3.63) is 35.5 Å². The van der Waals surface area contributed by atoms with Crippen LogP contribution in [0.15, 0.2) is 30.0 Å². The normalized spacial score (nSPS) is 20.2. The lowest BCUT2D eigenvalue weighted by atomic mass is 10.1. The number of rotatable bonds is 3. The number of urea groups is 1. The van der Waals surface area contributed by atoms with Crippen LogP contribution in [-0.2, 0) is 11.3 Å². The van der Waals surface area contributed by atoms with Crippen molar-refractivity contribution < 1.29 is 19.0 Å². The molecule has 0 unspecified atom stereocenters. The van der Waals surface area contributed by atoms with Crippen LogP contribution in [0.25, 0.3) is 0 Å². The van der Waals surface area contributed by atoms with E-state index in [4.69, 9.17) is 14.2 Å². The van der Waals surface area contributed by atoms with E-state index >= 15 is 0 Å². The second-order valence-electron chi connectivity index (χ2n) is 6.82. The van der Waals surface area contributed by atoms with E-state index in [2.05, 4.69) is 16.3 Å². The molecule has 140 valence electrons. The summed E-state index contributed by atoms with van der Waals surface area (Å²) in [6.07, 6.45) is 3.68. The quantitative estimate of drug-likeness (QED) is 0.894. The molecule has 2 fully saturated rings. The average Bonchev–Trinajstić information content (AvgIpc) is 3.15. The van der Waals surface area contributed by atoms with Crippen molar-refractivity contribution in [3.8, 4) is 11.5 Å². The summed E-state index contributed by atoms with van der Waals surface area (Å²) in [5.41, 5.74) is 2.46. The van der Waals surface area contributed by atoms with Crippen molar-refractivity contribution in [1.29, 1.82) is 0 Å². The first kappa shape index (κ1) is 17.2. The molecule has 2 saturated heterocycles. The maximum absolute atomic E-state index is 12.3. The Balaban J connectivity index is 1.24. The van der Waals surface area contributed by atoms with Crippen LogP contribution in [0.4, 0.5) is 4.79 Å². The zero-order valence-corrected chi connectivity index (χ0v) is 14.9. The third-order valence-electron chi connectivity index (χ3n) is 5.04. The number of hydrogen-bond acceptors (Lipinski definition) is 5. The lowest BCUT2D eigenvalue weighted by molar-refractivity contribution is 0.118. The molecular formula is C19H25N3O4. The number of carbonyl (C=O) groups is 1. The Labute approximate surface area is 153 Å². The van der Waals surface area contributed by atoms with E-state index in [1.807, 2.05) is 23.2 Å². The maximum Gasteiger partial charge on any atom is 0.321 e. The molecule has 1 aromatic rings. The van der Waals surface area contributed by atoms with Gasteiger partial charge >= 0.3 is 6.03 Å². The van der Waals surface area contributed by atoms with Gasteiger partial charge in [0, 0.05) is 38.9 Å². The molecule has 0 bridgehead atoms. The lowest BCUT2D eigenvalue weighted by Crippen LogP contribution is -2.50. The molecule has 0 spiro atoms. The molecule has 2 amide bonds. The summed E-state index contributed by atoms with van der Waals surface area (Å²) in [6.45, 7) is 5.87. The van der Waals surface area contributed by atoms with Crippen LogP contribution in [0, 0.1) is 0 Å². The first-order valence-corrected chi connectivity index (χ1v) is 9.20. The van der Waals surface area contributed by atoms with Gasteiger partial charge in [-0.05, 0) is 36.1 Å². The van der Waals surface area contributed by atoms with E-state index in [-0.39, 0.29) is 6.03 Å². The Kier molecular flexibility index (Phi) is 5.26. The monoisotopic (exact) mass is 359 g/mol. The number of carbonyl (C=O) groups excluding carboxylic acids is 1. The van der Waals surface area contributed by atoms with Gasteiger partial charge in [0.15, 0.2) is 11.5 Å². The first-order valence-electron chi connectivity index (χ1n) is 9.20. The third-order valence-corrected chi connectivity index (χ3v) is 5.04. The van der Waals surface area contributed by atoms with Gasteiger partial charge in [-0.25, -0.2) is 4.79 Å². The van der Waals surface area contributed by atoms with E-state index in [0.717, 1.165) is 70.3 Å². The molecule has 3 heterocycles. The largest absolute Gasteiger partial charge is 0.454 e. The van der Waals surface area contributed by atoms with Gasteiger partial charge in [-0.15, -0.1) is 0 Å². The van der Waals surface area contributed by atoms with E-state index in [0.29, 0.717) is 6.79 Å². The van der Waals surface area contributed by atoms with Crippen LogP contribution in [0.3, 0.4) is 0 Å². The highest BCUT2D eigenvalue weighted by Gasteiger charge is 2.21. The van der Waals surface area contributed by atoms with Gasteiger partial charge < -0.3 is 24.4 Å². The fourth-order valence-electron chi connectivity index (χ4n) is 3.44. The van der Waals surface area contributed by atoms with Crippen LogP contribution in [0.2, 0.25) is 0 Å². The fraction of sp³-hybridized carbons (Fsp3) is 0.526. The summed E-state index contributed by atoms with van der Waals surface area (Å²) >= 11 is 0. The molecule has 1 aromatic carbocycles. The summed E-state index contributed by atoms with van der Waals surface area (Å²) < 4.78 is 16.1. The minimum absolute atomic E-state index is 0.00767. The van der Waals surface area contributed by atoms with Crippen molar-refractivity contribution in [2.45, 2.75) is 19.4 Å². The SMILES string of the molecule is O=C(NC=C1CCOCC1)N1CCN(Cc2ccc3c(c2)OCO3)CC1. The molecule has 0 radical (unpaired) electrons. The van der Waals surface area contributed by atoms with Gasteiger partial charge in [0.1, 0.15) is 0 Å². The first-order chi connectivity index (χ1) is 12.8. The molecule has 1 N–H and O–H groups in total. The molecule has 7 nitrogen and oxygen atoms in total. The van der Waals surface area contributed by atoms with E-state index in [1.54, 1.807) is 0 Å². The predicted octanol–water partition coefficient (Wildman–Crippen LogP) is 1.94. The highest BCUT2D eigenvalue weighted by Crippen LogP contribution is 2.32. The topological polar surface area (TPSA) is 63.3 Å². The molecule has 26 heavy (non-hydrogen) atoms. The van der Waals surface area contributed by atoms with Crippen molar-refractivity contribution in [1.82, 2.24) is 15.1 Å². The maximum atomic E-state index is 12.3. The third kappa shape index (κ3) is 4.11. The number of nitrogens with one attached hydrogen (secondary N) is 1. The van der Waals surface area contributed by atoms with Crippen LogP contribution in [0.5, 0.6) is 11.5 Å². The Bertz CT molecular complexity index is 675. The lowest BCUT2D eigenvalue weighted by Gasteiger charge is -2.34. The second kappa shape index (κ2) is 7.97. The number of hydrogen-bond donors (Lipinski definition) is 1. The summed E-state index contributed by atoms with van der Waals surface area (Å²) in [6, 6.07) is 6.07. The smallest absolute Gasteiger partial charge is 0.321 e. The van der Waals surface area contributed by atoms with Crippen molar-refractivity contribution >= 4 is 6.03 Å². The van der Waals surface area contributed by atoms with E-state index in [1.165, 1.54) is 11.1 Å². The molecule has 3 aliphatic rings. The van der Waals surface area contributed by atoms with Crippen LogP contribution < -0.4 is 14.8 Å². The molecular weight excluding hydrogens is 334 g/mol. The fourth-order valence-corrected chi connectivity index (χ4v) is 3.44. The zero-order chi connectivity index (χ0) is 17.8. The summed E-state index contributed by atoms with van der Waals surface area (Å²) in [5, 5.41) is 2.94. The Morgan fingerprint density at radius 2 is 1.85 bits per heavy atom. The summed E-state index contributed by atoms with van der Waals surface area (Å²) in [4.78, 5) is 16.6. The van der Waals surface area contributed by atoms with Crippen LogP contribution in [0.1, 0.15) is 18.4 Å². The summed E-state index contributed by atoms with van der Waals surface area (Å²) in [5.74, 6) is 1.63. The van der Waals surface area contributed by atoms with Gasteiger partial charge in [0.05, 0.1) is 13.2 Å². The van der Waals surface area contributed by atoms with Crippen molar-refractivity contribution in [2.75, 3.05) is 46.2 Å². The molecule has 0 saturated carbocycles. The molecule has 0 aliphatic carbocycles. The number of piperazine rings is 1. The number of amides is 2. The van der Waals surface area contributed by atoms with Crippen molar-refractivity contribution in [2.24, 2.45) is 0 Å². The molecule has 7 heteroatoms. The average molecular weight is 359 g/mol. The standard InChI is InChI=1S/C19H25N3O4/c23-19(20-12-15-3-9-24-10-4-15)22-7-5-21(6-8-22)13-16-1-2-17-18(11-16)26-14-25-17/h1-2,11-12H,3-10,13-14H2,(H,20,23). The predicted molar refractivity (Wildman–Crippen MR) is 96.1 cm³/mol. The van der Waals surface area contributed by atoms with Crippen molar-refractivity contribution in [3.63, 3.8) is 0 Å². The molecule has 3 aliphatic heterocycles. The second-order valence-corrected chi connectivity index (χ2v) is 6.82. The molecule has 0 aromatic heterocycles. The van der Waals surface area contributed by atoms with E-state index in [9.17, 15) is 4.79 Å². The number of nitrogens with zero attached hydrogens (tertiary/aromatic N) is 2. The number of fused-ring (bicyclic) bond motifs is 1. The number of benzene rings is 1. The van der Waals surface area contributed by atoms with Crippen LogP contribution >= 0.6 is 0 Å². The number of ether oxygens (including phenoxy) is 3. The van der Waals surface area contributed by atoms with Crippen LogP contribution in [-0.4, -0.2) is 62.0 Å². The molecule has 4 rings (SSSR count). The minimum Gasteiger partial charge on any atom is -0.454 e. The van der Waals surface area contributed by atoms with Gasteiger partial charge in [-0.1, -0.05) is 6.07 Å². The Hall–Kier alpha value is -2.25. The summed E-state index contributed by atoms with van der Waals surface area (Å²) in [7, 11) is 0. The Morgan fingerprint density at radius 3 is 2.65 bits per heavy atom.